The minimum Gasteiger partial charge on any atom is -0.480 e. The van der Waals surface area contributed by atoms with Gasteiger partial charge in [-0.25, -0.2) is 9.55 Å². The van der Waals surface area contributed by atoms with Gasteiger partial charge in [0.2, 0.25) is 11.8 Å². The summed E-state index contributed by atoms with van der Waals surface area (Å²) in [6.07, 6.45) is 6.11. The second-order valence-corrected chi connectivity index (χ2v) is 11.1. The summed E-state index contributed by atoms with van der Waals surface area (Å²) < 4.78 is 32.6. The van der Waals surface area contributed by atoms with Crippen molar-refractivity contribution in [3.05, 3.63) is 59.9 Å². The molecule has 204 valence electrons. The number of hydrogen-bond acceptors (Lipinski definition) is 9. The van der Waals surface area contributed by atoms with Gasteiger partial charge in [-0.2, -0.15) is 15.1 Å². The molecule has 4 atom stereocenters. The number of nitrogens with zero attached hydrogens (tertiary/aromatic N) is 4. The van der Waals surface area contributed by atoms with Crippen molar-refractivity contribution in [1.29, 1.82) is 0 Å². The summed E-state index contributed by atoms with van der Waals surface area (Å²) >= 11 is 6.31. The standard InChI is InChI=1S/C25H26ClN6O6P/c1-14(24(33)34)31-39(35,38-20-10-9-19(26)17-5-3-4-6-18(17)20)37-12-15-7-8-16(11-15)32-13-28-21-22(32)29-25(27)30-23(21)36-2/h3-10,13-16H,11-12H2,1-2H3,(H,31,35)(H,33,34)(H2,27,29,30)/t14?,15-,16+,39?/m1/s1. The van der Waals surface area contributed by atoms with Gasteiger partial charge in [0.25, 0.3) is 0 Å². The van der Waals surface area contributed by atoms with E-state index in [9.17, 15) is 14.5 Å². The molecule has 0 radical (unpaired) electrons. The number of rotatable bonds is 10. The van der Waals surface area contributed by atoms with Gasteiger partial charge in [-0.1, -0.05) is 48.0 Å². The van der Waals surface area contributed by atoms with Crippen LogP contribution in [-0.4, -0.2) is 50.4 Å². The number of anilines is 1. The van der Waals surface area contributed by atoms with Gasteiger partial charge in [0.15, 0.2) is 11.2 Å². The van der Waals surface area contributed by atoms with E-state index >= 15 is 0 Å². The summed E-state index contributed by atoms with van der Waals surface area (Å²) in [5, 5.41) is 13.8. The number of nitrogens with two attached hydrogens (primary N) is 1. The summed E-state index contributed by atoms with van der Waals surface area (Å²) in [6.45, 7) is 1.36. The van der Waals surface area contributed by atoms with Crippen molar-refractivity contribution in [3.8, 4) is 11.6 Å². The van der Waals surface area contributed by atoms with Gasteiger partial charge in [0.05, 0.1) is 26.1 Å². The third kappa shape index (κ3) is 5.55. The van der Waals surface area contributed by atoms with E-state index in [1.54, 1.807) is 36.7 Å². The average molecular weight is 573 g/mol. The Balaban J connectivity index is 1.34. The Morgan fingerprint density at radius 2 is 2.03 bits per heavy atom. The molecule has 0 saturated heterocycles. The molecule has 2 heterocycles. The van der Waals surface area contributed by atoms with Crippen LogP contribution < -0.4 is 20.1 Å². The number of methoxy groups -OCH3 is 1. The minimum atomic E-state index is -4.14. The number of carboxylic acids is 1. The maximum Gasteiger partial charge on any atom is 0.459 e. The number of benzene rings is 2. The molecule has 0 aliphatic heterocycles. The molecule has 39 heavy (non-hydrogen) atoms. The zero-order valence-electron chi connectivity index (χ0n) is 21.0. The Morgan fingerprint density at radius 3 is 2.77 bits per heavy atom. The molecule has 0 bridgehead atoms. The Bertz CT molecular complexity index is 1630. The molecule has 2 aromatic carbocycles. The van der Waals surface area contributed by atoms with Gasteiger partial charge >= 0.3 is 13.7 Å². The Morgan fingerprint density at radius 1 is 1.26 bits per heavy atom. The lowest BCUT2D eigenvalue weighted by Gasteiger charge is -2.24. The van der Waals surface area contributed by atoms with Crippen molar-refractivity contribution in [3.63, 3.8) is 0 Å². The quantitative estimate of drug-likeness (QED) is 0.179. The first kappa shape index (κ1) is 26.9. The van der Waals surface area contributed by atoms with Gasteiger partial charge in [-0.3, -0.25) is 9.32 Å². The largest absolute Gasteiger partial charge is 0.480 e. The number of hydrogen-bond donors (Lipinski definition) is 3. The summed E-state index contributed by atoms with van der Waals surface area (Å²) in [7, 11) is -2.66. The highest BCUT2D eigenvalue weighted by atomic mass is 35.5. The number of nitrogens with one attached hydrogen (secondary N) is 1. The first-order valence-corrected chi connectivity index (χ1v) is 13.9. The molecule has 1 aliphatic rings. The lowest BCUT2D eigenvalue weighted by molar-refractivity contribution is -0.138. The smallest absolute Gasteiger partial charge is 0.459 e. The highest BCUT2D eigenvalue weighted by Gasteiger charge is 2.34. The van der Waals surface area contributed by atoms with E-state index < -0.39 is 19.8 Å². The van der Waals surface area contributed by atoms with Crippen LogP contribution in [0.15, 0.2) is 54.9 Å². The number of fused-ring (bicyclic) bond motifs is 2. The molecule has 1 aliphatic carbocycles. The lowest BCUT2D eigenvalue weighted by atomic mass is 10.1. The van der Waals surface area contributed by atoms with E-state index in [1.165, 1.54) is 14.0 Å². The molecule has 12 nitrogen and oxygen atoms in total. The predicted molar refractivity (Wildman–Crippen MR) is 146 cm³/mol. The van der Waals surface area contributed by atoms with E-state index in [-0.39, 0.29) is 36.1 Å². The molecule has 2 unspecified atom stereocenters. The molecule has 0 saturated carbocycles. The first-order valence-electron chi connectivity index (χ1n) is 12.0. The van der Waals surface area contributed by atoms with E-state index in [2.05, 4.69) is 20.0 Å². The topological polar surface area (TPSA) is 164 Å². The van der Waals surface area contributed by atoms with Crippen molar-refractivity contribution in [2.75, 3.05) is 19.5 Å². The normalized spacial score (nSPS) is 19.3. The van der Waals surface area contributed by atoms with Gasteiger partial charge in [0.1, 0.15) is 11.8 Å². The number of halogens is 1. The summed E-state index contributed by atoms with van der Waals surface area (Å²) in [4.78, 5) is 24.3. The van der Waals surface area contributed by atoms with Crippen molar-refractivity contribution in [2.24, 2.45) is 5.92 Å². The maximum absolute atomic E-state index is 13.8. The molecule has 2 aromatic heterocycles. The fraction of sp³-hybridized carbons (Fsp3) is 0.280. The van der Waals surface area contributed by atoms with E-state index in [0.29, 0.717) is 33.4 Å². The van der Waals surface area contributed by atoms with Gasteiger partial charge in [-0.15, -0.1) is 0 Å². The summed E-state index contributed by atoms with van der Waals surface area (Å²) in [6, 6.07) is 9.06. The first-order chi connectivity index (χ1) is 18.7. The van der Waals surface area contributed by atoms with Crippen LogP contribution in [0, 0.1) is 5.92 Å². The van der Waals surface area contributed by atoms with Crippen LogP contribution in [0.1, 0.15) is 19.4 Å². The Hall–Kier alpha value is -3.70. The highest BCUT2D eigenvalue weighted by molar-refractivity contribution is 7.52. The Kier molecular flexibility index (Phi) is 7.46. The molecule has 0 spiro atoms. The predicted octanol–water partition coefficient (Wildman–Crippen LogP) is 4.61. The monoisotopic (exact) mass is 572 g/mol. The van der Waals surface area contributed by atoms with Gasteiger partial charge in [-0.05, 0) is 25.5 Å². The summed E-state index contributed by atoms with van der Waals surface area (Å²) in [5.74, 6) is -0.763. The molecule has 0 amide bonds. The number of nitrogen functional groups attached to an aromatic ring is 1. The molecule has 0 fully saturated rings. The number of imidazole rings is 1. The number of carboxylic acid groups (broad SMARTS) is 1. The molecule has 4 N–H and O–H groups in total. The third-order valence-corrected chi connectivity index (χ3v) is 8.30. The third-order valence-electron chi connectivity index (χ3n) is 6.34. The van der Waals surface area contributed by atoms with Crippen molar-refractivity contribution in [1.82, 2.24) is 24.6 Å². The van der Waals surface area contributed by atoms with Gasteiger partial charge < -0.3 is 24.7 Å². The van der Waals surface area contributed by atoms with Crippen LogP contribution in [-0.2, 0) is 13.9 Å². The molecular weight excluding hydrogens is 547 g/mol. The van der Waals surface area contributed by atoms with E-state index in [1.807, 2.05) is 22.8 Å². The maximum atomic E-state index is 13.8. The van der Waals surface area contributed by atoms with Crippen molar-refractivity contribution >= 4 is 53.2 Å². The van der Waals surface area contributed by atoms with Crippen LogP contribution in [0.2, 0.25) is 5.02 Å². The summed E-state index contributed by atoms with van der Waals surface area (Å²) in [5.41, 5.74) is 6.84. The number of carbonyl (C=O) groups is 1. The molecule has 5 rings (SSSR count). The van der Waals surface area contributed by atoms with Crippen molar-refractivity contribution < 1.29 is 28.3 Å². The second-order valence-electron chi connectivity index (χ2n) is 9.03. The van der Waals surface area contributed by atoms with Crippen LogP contribution >= 0.6 is 19.3 Å². The molecule has 4 aromatic rings. The number of allylic oxidation sites excluding steroid dienone is 1. The fourth-order valence-electron chi connectivity index (χ4n) is 4.39. The van der Waals surface area contributed by atoms with E-state index in [4.69, 9.17) is 31.1 Å². The number of ether oxygens (including phenoxy) is 1. The fourth-order valence-corrected chi connectivity index (χ4v) is 6.19. The average Bonchev–Trinajstić information content (AvgIpc) is 3.56. The second kappa shape index (κ2) is 10.8. The van der Waals surface area contributed by atoms with Crippen LogP contribution in [0.5, 0.6) is 11.6 Å². The lowest BCUT2D eigenvalue weighted by Crippen LogP contribution is -2.33. The highest BCUT2D eigenvalue weighted by Crippen LogP contribution is 2.48. The minimum absolute atomic E-state index is 0.00220. The molecule has 14 heteroatoms. The number of aromatic nitrogens is 4. The van der Waals surface area contributed by atoms with Crippen LogP contribution in [0.4, 0.5) is 5.95 Å². The molecular formula is C25H26ClN6O6P. The van der Waals surface area contributed by atoms with Gasteiger partial charge in [0, 0.05) is 21.7 Å². The number of aliphatic carboxylic acids is 1. The van der Waals surface area contributed by atoms with Crippen molar-refractivity contribution in [2.45, 2.75) is 25.4 Å². The van der Waals surface area contributed by atoms with E-state index in [0.717, 1.165) is 0 Å². The SMILES string of the molecule is COc1nc(N)nc2c1ncn2[C@H]1C=C[C@@H](COP(=O)(NC(C)C(=O)O)Oc2ccc(Cl)c3ccccc23)C1. The van der Waals surface area contributed by atoms with Crippen LogP contribution in [0.3, 0.4) is 0 Å². The Labute approximate surface area is 228 Å². The zero-order valence-corrected chi connectivity index (χ0v) is 22.7. The zero-order chi connectivity index (χ0) is 27.7. The van der Waals surface area contributed by atoms with Crippen LogP contribution in [0.25, 0.3) is 21.9 Å².